The number of nitrogens with zero attached hydrogens (tertiary/aromatic N) is 1. The first-order valence-electron chi connectivity index (χ1n) is 8.54. The standard InChI is InChI=1S/C17H25N3O2/c1-11-2-15(22-20-11)9-18-16(21)19-10-17-6-12-3-13(7-17)5-14(4-12)8-17/h2,12-14H,3-10H2,1H3,(H2,18,19,21). The normalized spacial score (nSPS) is 35.6. The maximum atomic E-state index is 12.0. The summed E-state index contributed by atoms with van der Waals surface area (Å²) in [5, 5.41) is 9.79. The molecule has 0 aliphatic heterocycles. The predicted molar refractivity (Wildman–Crippen MR) is 82.1 cm³/mol. The van der Waals surface area contributed by atoms with Crippen molar-refractivity contribution in [1.29, 1.82) is 0 Å². The van der Waals surface area contributed by atoms with Crippen molar-refractivity contribution in [3.05, 3.63) is 17.5 Å². The van der Waals surface area contributed by atoms with Gasteiger partial charge in [0.2, 0.25) is 0 Å². The van der Waals surface area contributed by atoms with Gasteiger partial charge in [-0.2, -0.15) is 0 Å². The van der Waals surface area contributed by atoms with Crippen LogP contribution in [-0.4, -0.2) is 17.7 Å². The highest BCUT2D eigenvalue weighted by atomic mass is 16.5. The van der Waals surface area contributed by atoms with Gasteiger partial charge in [-0.3, -0.25) is 0 Å². The van der Waals surface area contributed by atoms with Crippen LogP contribution in [0.2, 0.25) is 0 Å². The van der Waals surface area contributed by atoms with Gasteiger partial charge in [0.05, 0.1) is 12.2 Å². The molecule has 0 saturated heterocycles. The fourth-order valence-corrected chi connectivity index (χ4v) is 5.50. The van der Waals surface area contributed by atoms with Crippen LogP contribution in [0.4, 0.5) is 4.79 Å². The molecule has 1 aromatic rings. The molecule has 0 spiro atoms. The van der Waals surface area contributed by atoms with E-state index in [4.69, 9.17) is 4.52 Å². The molecule has 0 unspecified atom stereocenters. The lowest BCUT2D eigenvalue weighted by atomic mass is 9.49. The van der Waals surface area contributed by atoms with E-state index in [0.717, 1.165) is 30.0 Å². The third-order valence-electron chi connectivity index (χ3n) is 5.89. The lowest BCUT2D eigenvalue weighted by Crippen LogP contribution is -2.52. The molecule has 2 N–H and O–H groups in total. The fourth-order valence-electron chi connectivity index (χ4n) is 5.50. The van der Waals surface area contributed by atoms with Gasteiger partial charge in [-0.05, 0) is 68.6 Å². The van der Waals surface area contributed by atoms with Crippen molar-refractivity contribution >= 4 is 6.03 Å². The third kappa shape index (κ3) is 2.73. The van der Waals surface area contributed by atoms with Gasteiger partial charge in [0.1, 0.15) is 0 Å². The Morgan fingerprint density at radius 3 is 2.41 bits per heavy atom. The summed E-state index contributed by atoms with van der Waals surface area (Å²) in [5.74, 6) is 3.47. The molecular formula is C17H25N3O2. The zero-order chi connectivity index (χ0) is 15.2. The molecule has 4 aliphatic carbocycles. The number of carbonyl (C=O) groups is 1. The Labute approximate surface area is 131 Å². The average Bonchev–Trinajstić information content (AvgIpc) is 2.87. The van der Waals surface area contributed by atoms with Crippen molar-refractivity contribution < 1.29 is 9.32 Å². The molecule has 4 bridgehead atoms. The molecular weight excluding hydrogens is 278 g/mol. The average molecular weight is 303 g/mol. The molecule has 4 saturated carbocycles. The summed E-state index contributed by atoms with van der Waals surface area (Å²) in [7, 11) is 0. The quantitative estimate of drug-likeness (QED) is 0.898. The van der Waals surface area contributed by atoms with Crippen LogP contribution in [0, 0.1) is 30.1 Å². The Morgan fingerprint density at radius 1 is 1.23 bits per heavy atom. The first-order valence-corrected chi connectivity index (χ1v) is 8.54. The van der Waals surface area contributed by atoms with Crippen LogP contribution in [0.1, 0.15) is 50.0 Å². The zero-order valence-corrected chi connectivity index (χ0v) is 13.2. The highest BCUT2D eigenvalue weighted by molar-refractivity contribution is 5.73. The third-order valence-corrected chi connectivity index (χ3v) is 5.89. The lowest BCUT2D eigenvalue weighted by molar-refractivity contribution is -0.0498. The van der Waals surface area contributed by atoms with Crippen molar-refractivity contribution in [2.45, 2.75) is 52.0 Å². The number of aryl methyl sites for hydroxylation is 1. The number of urea groups is 1. The van der Waals surface area contributed by atoms with E-state index < -0.39 is 0 Å². The molecule has 5 heteroatoms. The highest BCUT2D eigenvalue weighted by Gasteiger charge is 2.50. The molecule has 0 radical (unpaired) electrons. The summed E-state index contributed by atoms with van der Waals surface area (Å²) in [6.07, 6.45) is 8.28. The van der Waals surface area contributed by atoms with Gasteiger partial charge in [0.15, 0.2) is 5.76 Å². The molecule has 120 valence electrons. The first-order chi connectivity index (χ1) is 10.6. The van der Waals surface area contributed by atoms with E-state index in [2.05, 4.69) is 15.8 Å². The lowest BCUT2D eigenvalue weighted by Gasteiger charge is -2.56. The molecule has 5 rings (SSSR count). The van der Waals surface area contributed by atoms with E-state index in [1.165, 1.54) is 38.5 Å². The number of hydrogen-bond donors (Lipinski definition) is 2. The zero-order valence-electron chi connectivity index (χ0n) is 13.2. The van der Waals surface area contributed by atoms with Gasteiger partial charge in [-0.25, -0.2) is 4.79 Å². The number of carbonyl (C=O) groups excluding carboxylic acids is 1. The van der Waals surface area contributed by atoms with Crippen LogP contribution in [0.5, 0.6) is 0 Å². The summed E-state index contributed by atoms with van der Waals surface area (Å²) in [5.41, 5.74) is 1.22. The maximum absolute atomic E-state index is 12.0. The Kier molecular flexibility index (Phi) is 3.39. The molecule has 0 aromatic carbocycles. The second kappa shape index (κ2) is 5.28. The first kappa shape index (κ1) is 14.1. The van der Waals surface area contributed by atoms with Crippen LogP contribution in [0.15, 0.2) is 10.6 Å². The molecule has 22 heavy (non-hydrogen) atoms. The van der Waals surface area contributed by atoms with Crippen LogP contribution >= 0.6 is 0 Å². The number of rotatable bonds is 4. The molecule has 4 aliphatic rings. The van der Waals surface area contributed by atoms with E-state index in [0.29, 0.717) is 17.7 Å². The molecule has 1 heterocycles. The van der Waals surface area contributed by atoms with Crippen molar-refractivity contribution in [3.63, 3.8) is 0 Å². The predicted octanol–water partition coefficient (Wildman–Crippen LogP) is 3.00. The van der Waals surface area contributed by atoms with Gasteiger partial charge in [-0.15, -0.1) is 0 Å². The van der Waals surface area contributed by atoms with Crippen LogP contribution in [-0.2, 0) is 6.54 Å². The summed E-state index contributed by atoms with van der Waals surface area (Å²) in [4.78, 5) is 12.0. The minimum absolute atomic E-state index is 0.0928. The molecule has 2 amide bonds. The summed E-state index contributed by atoms with van der Waals surface area (Å²) < 4.78 is 5.10. The molecule has 5 nitrogen and oxygen atoms in total. The van der Waals surface area contributed by atoms with E-state index in [1.807, 2.05) is 13.0 Å². The second-order valence-electron chi connectivity index (χ2n) is 7.89. The second-order valence-corrected chi connectivity index (χ2v) is 7.89. The number of hydrogen-bond acceptors (Lipinski definition) is 3. The smallest absolute Gasteiger partial charge is 0.315 e. The van der Waals surface area contributed by atoms with Gasteiger partial charge in [0.25, 0.3) is 0 Å². The van der Waals surface area contributed by atoms with Gasteiger partial charge >= 0.3 is 6.03 Å². The number of amides is 2. The van der Waals surface area contributed by atoms with Crippen molar-refractivity contribution in [1.82, 2.24) is 15.8 Å². The van der Waals surface area contributed by atoms with Crippen LogP contribution in [0.3, 0.4) is 0 Å². The molecule has 0 atom stereocenters. The van der Waals surface area contributed by atoms with Crippen molar-refractivity contribution in [2.24, 2.45) is 23.2 Å². The highest BCUT2D eigenvalue weighted by Crippen LogP contribution is 2.59. The van der Waals surface area contributed by atoms with E-state index in [-0.39, 0.29) is 6.03 Å². The van der Waals surface area contributed by atoms with E-state index in [1.54, 1.807) is 0 Å². The van der Waals surface area contributed by atoms with E-state index in [9.17, 15) is 4.79 Å². The Balaban J connectivity index is 1.28. The monoisotopic (exact) mass is 303 g/mol. The largest absolute Gasteiger partial charge is 0.359 e. The summed E-state index contributed by atoms with van der Waals surface area (Å²) in [6, 6.07) is 1.75. The van der Waals surface area contributed by atoms with Crippen LogP contribution < -0.4 is 10.6 Å². The minimum atomic E-state index is -0.0928. The van der Waals surface area contributed by atoms with Gasteiger partial charge in [-0.1, -0.05) is 5.16 Å². The number of aromatic nitrogens is 1. The molecule has 1 aromatic heterocycles. The van der Waals surface area contributed by atoms with Gasteiger partial charge < -0.3 is 15.2 Å². The molecule has 4 fully saturated rings. The Hall–Kier alpha value is -1.52. The maximum Gasteiger partial charge on any atom is 0.315 e. The Bertz CT molecular complexity index is 531. The summed E-state index contributed by atoms with van der Waals surface area (Å²) in [6.45, 7) is 3.10. The van der Waals surface area contributed by atoms with Gasteiger partial charge in [0, 0.05) is 12.6 Å². The van der Waals surface area contributed by atoms with Crippen LogP contribution in [0.25, 0.3) is 0 Å². The SMILES string of the molecule is Cc1cc(CNC(=O)NCC23CC4CC(CC(C4)C2)C3)on1. The van der Waals surface area contributed by atoms with Crippen molar-refractivity contribution in [3.8, 4) is 0 Å². The van der Waals surface area contributed by atoms with Crippen molar-refractivity contribution in [2.75, 3.05) is 6.54 Å². The minimum Gasteiger partial charge on any atom is -0.359 e. The summed E-state index contributed by atoms with van der Waals surface area (Å²) >= 11 is 0. The topological polar surface area (TPSA) is 67.2 Å². The van der Waals surface area contributed by atoms with E-state index >= 15 is 0 Å². The number of nitrogens with one attached hydrogen (secondary N) is 2. The Morgan fingerprint density at radius 2 is 1.86 bits per heavy atom. The fraction of sp³-hybridized carbons (Fsp3) is 0.765.